The van der Waals surface area contributed by atoms with E-state index in [9.17, 15) is 5.11 Å². The van der Waals surface area contributed by atoms with Crippen molar-refractivity contribution in [3.8, 4) is 5.75 Å². The molecule has 8 nitrogen and oxygen atoms in total. The summed E-state index contributed by atoms with van der Waals surface area (Å²) in [7, 11) is 0. The molecule has 1 aromatic heterocycles. The van der Waals surface area contributed by atoms with E-state index in [1.165, 1.54) is 0 Å². The lowest BCUT2D eigenvalue weighted by Crippen LogP contribution is -2.24. The molecule has 2 atom stereocenters. The monoisotopic (exact) mass is 363 g/mol. The van der Waals surface area contributed by atoms with Gasteiger partial charge in [0.15, 0.2) is 0 Å². The molecule has 142 valence electrons. The van der Waals surface area contributed by atoms with E-state index in [0.717, 1.165) is 30.6 Å². The van der Waals surface area contributed by atoms with Crippen molar-refractivity contribution in [3.63, 3.8) is 0 Å². The summed E-state index contributed by atoms with van der Waals surface area (Å²) in [5.74, 6) is -2.74. The Kier molecular flexibility index (Phi) is 8.86. The van der Waals surface area contributed by atoms with Crippen LogP contribution < -0.4 is 5.32 Å². The molecule has 26 heavy (non-hydrogen) atoms. The summed E-state index contributed by atoms with van der Waals surface area (Å²) < 4.78 is 0. The van der Waals surface area contributed by atoms with Crippen molar-refractivity contribution in [2.45, 2.75) is 32.7 Å². The topological polar surface area (TPSA) is 136 Å². The van der Waals surface area contributed by atoms with Crippen LogP contribution in [0.1, 0.15) is 37.6 Å². The third-order valence-electron chi connectivity index (χ3n) is 3.77. The zero-order chi connectivity index (χ0) is 19.5. The molecule has 2 rings (SSSR count). The maximum absolute atomic E-state index is 9.49. The van der Waals surface area contributed by atoms with Gasteiger partial charge in [-0.05, 0) is 49.9 Å². The molecule has 5 N–H and O–H groups in total. The van der Waals surface area contributed by atoms with Crippen molar-refractivity contribution in [1.82, 2.24) is 15.3 Å². The normalized spacial score (nSPS) is 12.5. The van der Waals surface area contributed by atoms with Gasteiger partial charge >= 0.3 is 11.9 Å². The first-order chi connectivity index (χ1) is 12.3. The molecule has 2 aromatic rings. The van der Waals surface area contributed by atoms with Gasteiger partial charge in [-0.15, -0.1) is 0 Å². The molecule has 1 aromatic carbocycles. The van der Waals surface area contributed by atoms with Crippen molar-refractivity contribution in [2.24, 2.45) is 5.92 Å². The number of rotatable bonds is 7. The Morgan fingerprint density at radius 3 is 2.46 bits per heavy atom. The number of phenols is 1. The zero-order valence-electron chi connectivity index (χ0n) is 14.8. The van der Waals surface area contributed by atoms with E-state index >= 15 is 0 Å². The third-order valence-corrected chi connectivity index (χ3v) is 3.77. The summed E-state index contributed by atoms with van der Waals surface area (Å²) in [5.41, 5.74) is 2.24. The number of H-pyrrole nitrogens is 1. The number of aromatic amines is 1. The van der Waals surface area contributed by atoms with E-state index in [2.05, 4.69) is 29.1 Å². The number of hydrogen-bond donors (Lipinski definition) is 5. The molecule has 0 radical (unpaired) electrons. The molecule has 0 amide bonds. The highest BCUT2D eigenvalue weighted by molar-refractivity contribution is 6.27. The molecule has 1 heterocycles. The lowest BCUT2D eigenvalue weighted by molar-refractivity contribution is -0.159. The lowest BCUT2D eigenvalue weighted by Gasteiger charge is -2.18. The number of aromatic hydroxyl groups is 1. The summed E-state index contributed by atoms with van der Waals surface area (Å²) in [6, 6.07) is 7.67. The lowest BCUT2D eigenvalue weighted by atomic mass is 10.0. The van der Waals surface area contributed by atoms with Crippen LogP contribution in [0, 0.1) is 5.92 Å². The van der Waals surface area contributed by atoms with Crippen LogP contribution in [0.4, 0.5) is 0 Å². The van der Waals surface area contributed by atoms with Gasteiger partial charge in [0.25, 0.3) is 0 Å². The summed E-state index contributed by atoms with van der Waals surface area (Å²) in [6.45, 7) is 5.32. The molecule has 8 heteroatoms. The van der Waals surface area contributed by atoms with Crippen molar-refractivity contribution in [3.05, 3.63) is 48.0 Å². The predicted molar refractivity (Wildman–Crippen MR) is 95.9 cm³/mol. The van der Waals surface area contributed by atoms with Crippen LogP contribution in [0.2, 0.25) is 0 Å². The number of imidazole rings is 1. The minimum atomic E-state index is -1.82. The van der Waals surface area contributed by atoms with Crippen molar-refractivity contribution >= 4 is 11.9 Å². The van der Waals surface area contributed by atoms with E-state index in [1.807, 2.05) is 24.4 Å². The number of aryl methyl sites for hydroxylation is 1. The highest BCUT2D eigenvalue weighted by Crippen LogP contribution is 2.18. The van der Waals surface area contributed by atoms with Gasteiger partial charge in [0.05, 0.1) is 12.0 Å². The fraction of sp³-hybridized carbons (Fsp3) is 0.389. The fourth-order valence-electron chi connectivity index (χ4n) is 2.21. The van der Waals surface area contributed by atoms with E-state index < -0.39 is 11.9 Å². The molecule has 0 saturated carbocycles. The van der Waals surface area contributed by atoms with Crippen molar-refractivity contribution in [1.29, 1.82) is 0 Å². The van der Waals surface area contributed by atoms with Crippen LogP contribution in [-0.2, 0) is 16.0 Å². The summed E-state index contributed by atoms with van der Waals surface area (Å²) >= 11 is 0. The van der Waals surface area contributed by atoms with Crippen LogP contribution in [-0.4, -0.2) is 43.8 Å². The van der Waals surface area contributed by atoms with Gasteiger partial charge in [-0.2, -0.15) is 0 Å². The number of hydrogen-bond acceptors (Lipinski definition) is 5. The zero-order valence-corrected chi connectivity index (χ0v) is 14.8. The minimum Gasteiger partial charge on any atom is -0.508 e. The molecular formula is C18H25N3O5. The fourth-order valence-corrected chi connectivity index (χ4v) is 2.21. The maximum Gasteiger partial charge on any atom is 0.414 e. The molecule has 0 aliphatic heterocycles. The Hall–Kier alpha value is -2.87. The van der Waals surface area contributed by atoms with Gasteiger partial charge in [-0.25, -0.2) is 14.6 Å². The average molecular weight is 363 g/mol. The summed E-state index contributed by atoms with van der Waals surface area (Å²) in [6.07, 6.45) is 5.80. The number of carbonyl (C=O) groups is 2. The predicted octanol–water partition coefficient (Wildman–Crippen LogP) is 2.19. The minimum absolute atomic E-state index is 0.245. The average Bonchev–Trinajstić information content (AvgIpc) is 3.11. The van der Waals surface area contributed by atoms with Crippen LogP contribution in [0.3, 0.4) is 0 Å². The summed E-state index contributed by atoms with van der Waals surface area (Å²) in [5, 5.41) is 27.8. The Morgan fingerprint density at radius 2 is 1.92 bits per heavy atom. The highest BCUT2D eigenvalue weighted by atomic mass is 16.4. The van der Waals surface area contributed by atoms with Gasteiger partial charge in [0, 0.05) is 12.2 Å². The first-order valence-corrected chi connectivity index (χ1v) is 8.25. The Balaban J connectivity index is 0.000000487. The van der Waals surface area contributed by atoms with Crippen LogP contribution in [0.15, 0.2) is 36.8 Å². The Labute approximate surface area is 151 Å². The second-order valence-electron chi connectivity index (χ2n) is 6.04. The van der Waals surface area contributed by atoms with E-state index in [0.29, 0.717) is 11.7 Å². The number of carboxylic acid groups (broad SMARTS) is 2. The maximum atomic E-state index is 9.49. The molecular weight excluding hydrogens is 338 g/mol. The van der Waals surface area contributed by atoms with Crippen LogP contribution >= 0.6 is 0 Å². The SMILES string of the molecule is CC(CCc1c[nH]cn1)CNC(C)c1cccc(O)c1.O=C(O)C(=O)O. The summed E-state index contributed by atoms with van der Waals surface area (Å²) in [4.78, 5) is 25.4. The van der Waals surface area contributed by atoms with Gasteiger partial charge in [-0.1, -0.05) is 19.1 Å². The van der Waals surface area contributed by atoms with Crippen LogP contribution in [0.25, 0.3) is 0 Å². The largest absolute Gasteiger partial charge is 0.508 e. The number of aromatic nitrogens is 2. The van der Waals surface area contributed by atoms with E-state index in [1.54, 1.807) is 12.4 Å². The number of nitrogens with one attached hydrogen (secondary N) is 2. The molecule has 0 spiro atoms. The molecule has 0 saturated heterocycles. The van der Waals surface area contributed by atoms with Crippen molar-refractivity contribution in [2.75, 3.05) is 6.54 Å². The standard InChI is InChI=1S/C16H23N3O.C2H2O4/c1-12(6-7-15-10-17-11-19-15)9-18-13(2)14-4-3-5-16(20)8-14;3-1(4)2(5)6/h3-5,8,10-13,18,20H,6-7,9H2,1-2H3,(H,17,19);(H,3,4)(H,5,6). The number of phenolic OH excluding ortho intramolecular Hbond substituents is 1. The number of nitrogens with zero attached hydrogens (tertiary/aromatic N) is 1. The van der Waals surface area contributed by atoms with Crippen LogP contribution in [0.5, 0.6) is 5.75 Å². The highest BCUT2D eigenvalue weighted by Gasteiger charge is 2.09. The second kappa shape index (κ2) is 10.9. The van der Waals surface area contributed by atoms with Gasteiger partial charge in [0.2, 0.25) is 0 Å². The van der Waals surface area contributed by atoms with E-state index in [4.69, 9.17) is 19.8 Å². The molecule has 2 unspecified atom stereocenters. The smallest absolute Gasteiger partial charge is 0.414 e. The third kappa shape index (κ3) is 8.29. The Morgan fingerprint density at radius 1 is 1.23 bits per heavy atom. The Bertz CT molecular complexity index is 676. The molecule has 0 bridgehead atoms. The number of carboxylic acids is 2. The van der Waals surface area contributed by atoms with Gasteiger partial charge < -0.3 is 25.6 Å². The van der Waals surface area contributed by atoms with E-state index in [-0.39, 0.29) is 6.04 Å². The van der Waals surface area contributed by atoms with Crippen molar-refractivity contribution < 1.29 is 24.9 Å². The number of aliphatic carboxylic acids is 2. The van der Waals surface area contributed by atoms with Gasteiger partial charge in [0.1, 0.15) is 5.75 Å². The molecule has 0 aliphatic carbocycles. The first kappa shape index (κ1) is 21.2. The molecule has 0 aliphatic rings. The second-order valence-corrected chi connectivity index (χ2v) is 6.04. The number of benzene rings is 1. The van der Waals surface area contributed by atoms with Gasteiger partial charge in [-0.3, -0.25) is 0 Å². The quantitative estimate of drug-likeness (QED) is 0.476. The molecule has 0 fully saturated rings. The first-order valence-electron chi connectivity index (χ1n) is 8.25.